The van der Waals surface area contributed by atoms with Gasteiger partial charge in [0.2, 0.25) is 17.7 Å². The summed E-state index contributed by atoms with van der Waals surface area (Å²) in [6.45, 7) is 6.87. The van der Waals surface area contributed by atoms with E-state index in [4.69, 9.17) is 4.42 Å². The number of hydrogen-bond donors (Lipinski definition) is 3. The van der Waals surface area contributed by atoms with E-state index >= 15 is 0 Å². The predicted octanol–water partition coefficient (Wildman–Crippen LogP) is 6.97. The third kappa shape index (κ3) is 11.7. The second kappa shape index (κ2) is 19.1. The van der Waals surface area contributed by atoms with E-state index in [2.05, 4.69) is 29.5 Å². The number of carbonyl (C=O) groups excluding carboxylic acids is 3. The number of rotatable bonds is 19. The van der Waals surface area contributed by atoms with Gasteiger partial charge in [-0.3, -0.25) is 14.4 Å². The topological polar surface area (TPSA) is 142 Å². The van der Waals surface area contributed by atoms with Gasteiger partial charge < -0.3 is 25.1 Å². The Morgan fingerprint density at radius 3 is 2.06 bits per heavy atom. The number of nitrogens with zero attached hydrogens (tertiary/aromatic N) is 2. The van der Waals surface area contributed by atoms with E-state index in [-0.39, 0.29) is 62.3 Å². The summed E-state index contributed by atoms with van der Waals surface area (Å²) in [5.41, 5.74) is 2.45. The van der Waals surface area contributed by atoms with Crippen LogP contribution in [0.5, 0.6) is 0 Å². The van der Waals surface area contributed by atoms with Gasteiger partial charge in [0.15, 0.2) is 11.5 Å². The minimum absolute atomic E-state index is 0.0546. The van der Waals surface area contributed by atoms with E-state index in [0.717, 1.165) is 30.4 Å². The summed E-state index contributed by atoms with van der Waals surface area (Å²) in [6, 6.07) is 26.8. The quantitative estimate of drug-likeness (QED) is 0.0971. The summed E-state index contributed by atoms with van der Waals surface area (Å²) >= 11 is 0. The maximum absolute atomic E-state index is 13.5. The highest BCUT2D eigenvalue weighted by Gasteiger charge is 2.25. The molecule has 50 heavy (non-hydrogen) atoms. The Kier molecular flexibility index (Phi) is 14.3. The monoisotopic (exact) mass is 680 g/mol. The molecular formula is C40H48N4O6. The molecule has 3 amide bonds. The smallest absolute Gasteiger partial charge is 0.326 e. The largest absolute Gasteiger partial charge is 0.480 e. The van der Waals surface area contributed by atoms with Gasteiger partial charge in [-0.2, -0.15) is 0 Å². The van der Waals surface area contributed by atoms with Crippen molar-refractivity contribution < 1.29 is 28.7 Å². The molecule has 3 N–H and O–H groups in total. The fourth-order valence-corrected chi connectivity index (χ4v) is 5.68. The van der Waals surface area contributed by atoms with E-state index in [0.29, 0.717) is 23.1 Å². The van der Waals surface area contributed by atoms with Crippen LogP contribution in [0.4, 0.5) is 0 Å². The first-order chi connectivity index (χ1) is 24.1. The summed E-state index contributed by atoms with van der Waals surface area (Å²) in [5.74, 6) is -0.871. The highest BCUT2D eigenvalue weighted by molar-refractivity contribution is 5.98. The van der Waals surface area contributed by atoms with Gasteiger partial charge in [-0.1, -0.05) is 119 Å². The van der Waals surface area contributed by atoms with Gasteiger partial charge in [-0.25, -0.2) is 9.78 Å². The molecule has 4 aromatic rings. The number of carbonyl (C=O) groups is 4. The lowest BCUT2D eigenvalue weighted by molar-refractivity contribution is -0.142. The van der Waals surface area contributed by atoms with Crippen molar-refractivity contribution in [2.45, 2.75) is 71.9 Å². The minimum Gasteiger partial charge on any atom is -0.480 e. The molecular weight excluding hydrogens is 632 g/mol. The van der Waals surface area contributed by atoms with Crippen molar-refractivity contribution in [1.82, 2.24) is 20.5 Å². The number of hydrogen-bond acceptors (Lipinski definition) is 6. The van der Waals surface area contributed by atoms with Gasteiger partial charge >= 0.3 is 5.97 Å². The van der Waals surface area contributed by atoms with Gasteiger partial charge in [0.05, 0.1) is 0 Å². The zero-order valence-corrected chi connectivity index (χ0v) is 29.1. The highest BCUT2D eigenvalue weighted by Crippen LogP contribution is 2.29. The number of oxazole rings is 1. The Morgan fingerprint density at radius 2 is 1.44 bits per heavy atom. The molecule has 264 valence electrons. The molecule has 2 unspecified atom stereocenters. The number of benzene rings is 3. The summed E-state index contributed by atoms with van der Waals surface area (Å²) in [5, 5.41) is 15.3. The van der Waals surface area contributed by atoms with Crippen LogP contribution >= 0.6 is 0 Å². The maximum atomic E-state index is 13.5. The molecule has 0 saturated carbocycles. The molecule has 10 heteroatoms. The second-order valence-electron chi connectivity index (χ2n) is 13.1. The first-order valence-electron chi connectivity index (χ1n) is 17.3. The van der Waals surface area contributed by atoms with Crippen molar-refractivity contribution in [2.75, 3.05) is 13.1 Å². The van der Waals surface area contributed by atoms with Crippen LogP contribution < -0.4 is 10.6 Å². The molecule has 0 saturated heterocycles. The molecule has 4 rings (SSSR count). The van der Waals surface area contributed by atoms with Gasteiger partial charge in [0, 0.05) is 43.6 Å². The third-order valence-corrected chi connectivity index (χ3v) is 8.43. The highest BCUT2D eigenvalue weighted by atomic mass is 16.4. The molecule has 2 atom stereocenters. The van der Waals surface area contributed by atoms with Crippen LogP contribution in [0.1, 0.15) is 75.3 Å². The zero-order chi connectivity index (χ0) is 35.9. The minimum atomic E-state index is -1.19. The summed E-state index contributed by atoms with van der Waals surface area (Å²) in [6.07, 6.45) is 3.08. The average Bonchev–Trinajstić information content (AvgIpc) is 3.56. The van der Waals surface area contributed by atoms with Crippen LogP contribution in [-0.4, -0.2) is 57.8 Å². The molecule has 10 nitrogen and oxygen atoms in total. The standard InChI is InChI=1S/C40H48N4O6/c1-28(2)14-13-15-29(3)26-34(45)42-33(40(48)49)22-23-35(46)44(27-30-16-7-4-8-17-30)25-24-41-38(47)36-37(31-18-9-5-10-19-31)50-39(43-36)32-20-11-6-12-21-32/h4-12,16-21,28-29,33H,13-15,22-27H2,1-3H3,(H,41,47)(H,42,45)(H,48,49). The predicted molar refractivity (Wildman–Crippen MR) is 193 cm³/mol. The number of amides is 3. The second-order valence-corrected chi connectivity index (χ2v) is 13.1. The number of carboxylic acids is 1. The summed E-state index contributed by atoms with van der Waals surface area (Å²) in [4.78, 5) is 57.9. The van der Waals surface area contributed by atoms with Crippen molar-refractivity contribution in [3.05, 3.63) is 102 Å². The molecule has 3 aromatic carbocycles. The summed E-state index contributed by atoms with van der Waals surface area (Å²) < 4.78 is 6.09. The van der Waals surface area contributed by atoms with Crippen molar-refractivity contribution in [2.24, 2.45) is 11.8 Å². The van der Waals surface area contributed by atoms with Gasteiger partial charge in [0.1, 0.15) is 6.04 Å². The molecule has 0 bridgehead atoms. The lowest BCUT2D eigenvalue weighted by Gasteiger charge is -2.24. The molecule has 0 radical (unpaired) electrons. The first-order valence-corrected chi connectivity index (χ1v) is 17.3. The molecule has 0 fully saturated rings. The van der Waals surface area contributed by atoms with Crippen LogP contribution in [0, 0.1) is 11.8 Å². The van der Waals surface area contributed by atoms with Crippen LogP contribution in [0.3, 0.4) is 0 Å². The summed E-state index contributed by atoms with van der Waals surface area (Å²) in [7, 11) is 0. The van der Waals surface area contributed by atoms with E-state index in [9.17, 15) is 24.3 Å². The Hall–Kier alpha value is -5.25. The fraction of sp³-hybridized carbons (Fsp3) is 0.375. The Labute approximate surface area is 294 Å². The first kappa shape index (κ1) is 37.6. The van der Waals surface area contributed by atoms with Crippen LogP contribution in [0.15, 0.2) is 95.4 Å². The number of nitrogens with one attached hydrogen (secondary N) is 2. The molecule has 0 spiro atoms. The maximum Gasteiger partial charge on any atom is 0.326 e. The lowest BCUT2D eigenvalue weighted by atomic mass is 9.97. The van der Waals surface area contributed by atoms with Crippen molar-refractivity contribution >= 4 is 23.7 Å². The molecule has 0 aliphatic heterocycles. The molecule has 0 aliphatic rings. The Balaban J connectivity index is 1.40. The van der Waals surface area contributed by atoms with Gasteiger partial charge in [-0.05, 0) is 36.0 Å². The van der Waals surface area contributed by atoms with Crippen LogP contribution in [0.25, 0.3) is 22.8 Å². The number of carboxylic acid groups (broad SMARTS) is 1. The normalized spacial score (nSPS) is 12.2. The third-order valence-electron chi connectivity index (χ3n) is 8.43. The number of aromatic nitrogens is 1. The van der Waals surface area contributed by atoms with Crippen molar-refractivity contribution in [3.63, 3.8) is 0 Å². The molecule has 1 aromatic heterocycles. The van der Waals surface area contributed by atoms with E-state index in [1.807, 2.05) is 97.9 Å². The van der Waals surface area contributed by atoms with Crippen LogP contribution in [-0.2, 0) is 20.9 Å². The van der Waals surface area contributed by atoms with E-state index < -0.39 is 17.9 Å². The Morgan fingerprint density at radius 1 is 0.820 bits per heavy atom. The van der Waals surface area contributed by atoms with Gasteiger partial charge in [0.25, 0.3) is 5.91 Å². The number of aliphatic carboxylic acids is 1. The fourth-order valence-electron chi connectivity index (χ4n) is 5.68. The van der Waals surface area contributed by atoms with Crippen LogP contribution in [0.2, 0.25) is 0 Å². The average molecular weight is 681 g/mol. The van der Waals surface area contributed by atoms with Gasteiger partial charge in [-0.15, -0.1) is 0 Å². The molecule has 1 heterocycles. The van der Waals surface area contributed by atoms with E-state index in [1.165, 1.54) is 0 Å². The van der Waals surface area contributed by atoms with Crippen molar-refractivity contribution in [3.8, 4) is 22.8 Å². The van der Waals surface area contributed by atoms with E-state index in [1.54, 1.807) is 4.90 Å². The zero-order valence-electron chi connectivity index (χ0n) is 29.1. The van der Waals surface area contributed by atoms with Crippen molar-refractivity contribution in [1.29, 1.82) is 0 Å². The Bertz CT molecular complexity index is 1670. The lowest BCUT2D eigenvalue weighted by Crippen LogP contribution is -2.43. The molecule has 0 aliphatic carbocycles. The SMILES string of the molecule is CC(C)CCCC(C)CC(=O)NC(CCC(=O)N(CCNC(=O)c1nc(-c2ccccc2)oc1-c1ccccc1)Cc1ccccc1)C(=O)O.